The Balaban J connectivity index is 1.70. The van der Waals surface area contributed by atoms with Gasteiger partial charge < -0.3 is 10.1 Å². The normalized spacial score (nSPS) is 10.3. The highest BCUT2D eigenvalue weighted by atomic mass is 32.1. The molecule has 4 nitrogen and oxygen atoms in total. The van der Waals surface area contributed by atoms with Crippen LogP contribution in [0.2, 0.25) is 0 Å². The van der Waals surface area contributed by atoms with E-state index in [-0.39, 0.29) is 5.91 Å². The molecular formula is C18H16N2O2S. The molecule has 2 aromatic carbocycles. The van der Waals surface area contributed by atoms with E-state index >= 15 is 0 Å². The zero-order chi connectivity index (χ0) is 16.1. The molecule has 0 spiro atoms. The molecule has 1 heterocycles. The smallest absolute Gasteiger partial charge is 0.271 e. The molecule has 5 heteroatoms. The largest absolute Gasteiger partial charge is 0.497 e. The van der Waals surface area contributed by atoms with Gasteiger partial charge in [0.25, 0.3) is 5.91 Å². The first-order valence-corrected chi connectivity index (χ1v) is 8.06. The topological polar surface area (TPSA) is 51.2 Å². The highest BCUT2D eigenvalue weighted by Gasteiger charge is 2.15. The van der Waals surface area contributed by atoms with E-state index in [0.717, 1.165) is 21.8 Å². The van der Waals surface area contributed by atoms with Crippen LogP contribution in [-0.2, 0) is 6.54 Å². The van der Waals surface area contributed by atoms with Crippen molar-refractivity contribution in [2.45, 2.75) is 6.54 Å². The lowest BCUT2D eigenvalue weighted by molar-refractivity contribution is 0.0947. The molecule has 0 saturated carbocycles. The number of nitrogens with one attached hydrogen (secondary N) is 1. The second kappa shape index (κ2) is 7.07. The van der Waals surface area contributed by atoms with Gasteiger partial charge in [-0.15, -0.1) is 11.3 Å². The van der Waals surface area contributed by atoms with Gasteiger partial charge in [0.2, 0.25) is 0 Å². The number of nitrogens with zero attached hydrogens (tertiary/aromatic N) is 1. The van der Waals surface area contributed by atoms with Gasteiger partial charge in [-0.3, -0.25) is 4.79 Å². The summed E-state index contributed by atoms with van der Waals surface area (Å²) in [5.41, 5.74) is 4.18. The minimum Gasteiger partial charge on any atom is -0.497 e. The molecule has 0 aliphatic carbocycles. The third-order valence-electron chi connectivity index (χ3n) is 3.43. The highest BCUT2D eigenvalue weighted by Crippen LogP contribution is 2.27. The van der Waals surface area contributed by atoms with Crippen LogP contribution in [0.25, 0.3) is 10.4 Å². The fourth-order valence-electron chi connectivity index (χ4n) is 2.21. The molecule has 3 rings (SSSR count). The van der Waals surface area contributed by atoms with Crippen molar-refractivity contribution in [1.82, 2.24) is 10.3 Å². The number of rotatable bonds is 5. The average Bonchev–Trinajstić information content (AvgIpc) is 3.11. The van der Waals surface area contributed by atoms with Crippen molar-refractivity contribution in [3.8, 4) is 16.2 Å². The molecular weight excluding hydrogens is 308 g/mol. The van der Waals surface area contributed by atoms with E-state index in [1.165, 1.54) is 11.3 Å². The van der Waals surface area contributed by atoms with Gasteiger partial charge in [0.15, 0.2) is 0 Å². The summed E-state index contributed by atoms with van der Waals surface area (Å²) < 4.78 is 5.12. The number of hydrogen-bond donors (Lipinski definition) is 1. The van der Waals surface area contributed by atoms with E-state index in [1.54, 1.807) is 12.6 Å². The Hall–Kier alpha value is -2.66. The predicted molar refractivity (Wildman–Crippen MR) is 91.7 cm³/mol. The molecule has 0 unspecified atom stereocenters. The predicted octanol–water partition coefficient (Wildman–Crippen LogP) is 3.75. The molecule has 0 fully saturated rings. The summed E-state index contributed by atoms with van der Waals surface area (Å²) in [7, 11) is 1.63. The molecule has 0 bridgehead atoms. The average molecular weight is 324 g/mol. The summed E-state index contributed by atoms with van der Waals surface area (Å²) >= 11 is 1.47. The number of carbonyl (C=O) groups is 1. The van der Waals surface area contributed by atoms with Gasteiger partial charge >= 0.3 is 0 Å². The van der Waals surface area contributed by atoms with E-state index in [1.807, 2.05) is 54.6 Å². The summed E-state index contributed by atoms with van der Waals surface area (Å²) in [5.74, 6) is 0.631. The Kier molecular flexibility index (Phi) is 4.68. The van der Waals surface area contributed by atoms with Gasteiger partial charge in [0, 0.05) is 6.54 Å². The van der Waals surface area contributed by atoms with E-state index in [9.17, 15) is 4.79 Å². The van der Waals surface area contributed by atoms with Crippen molar-refractivity contribution in [2.24, 2.45) is 0 Å². The first kappa shape index (κ1) is 15.2. The van der Waals surface area contributed by atoms with Crippen molar-refractivity contribution in [1.29, 1.82) is 0 Å². The van der Waals surface area contributed by atoms with Crippen LogP contribution in [0.3, 0.4) is 0 Å². The number of methoxy groups -OCH3 is 1. The molecule has 3 aromatic rings. The fourth-order valence-corrected chi connectivity index (χ4v) is 3.00. The molecule has 1 amide bonds. The maximum atomic E-state index is 12.4. The van der Waals surface area contributed by atoms with E-state index in [0.29, 0.717) is 12.2 Å². The first-order valence-electron chi connectivity index (χ1n) is 7.18. The van der Waals surface area contributed by atoms with Crippen LogP contribution in [0.1, 0.15) is 16.1 Å². The molecule has 0 saturated heterocycles. The maximum absolute atomic E-state index is 12.4. The highest BCUT2D eigenvalue weighted by molar-refractivity contribution is 7.13. The zero-order valence-corrected chi connectivity index (χ0v) is 13.5. The third kappa shape index (κ3) is 3.57. The molecule has 0 atom stereocenters. The van der Waals surface area contributed by atoms with Crippen LogP contribution in [0.5, 0.6) is 5.75 Å². The molecule has 23 heavy (non-hydrogen) atoms. The summed E-state index contributed by atoms with van der Waals surface area (Å²) in [5, 5.41) is 2.91. The lowest BCUT2D eigenvalue weighted by Gasteiger charge is -2.06. The van der Waals surface area contributed by atoms with Gasteiger partial charge in [-0.25, -0.2) is 4.98 Å². The summed E-state index contributed by atoms with van der Waals surface area (Å²) in [6, 6.07) is 17.4. The van der Waals surface area contributed by atoms with Crippen molar-refractivity contribution < 1.29 is 9.53 Å². The van der Waals surface area contributed by atoms with Crippen LogP contribution in [0.4, 0.5) is 0 Å². The van der Waals surface area contributed by atoms with Crippen LogP contribution >= 0.6 is 11.3 Å². The number of ether oxygens (including phenoxy) is 1. The number of aromatic nitrogens is 1. The molecule has 0 aliphatic heterocycles. The lowest BCUT2D eigenvalue weighted by atomic mass is 10.1. The molecule has 1 N–H and O–H groups in total. The standard InChI is InChI=1S/C18H16N2O2S/c1-22-15-9-7-13(8-10-15)11-19-18(21)16-17(23-12-20-16)14-5-3-2-4-6-14/h2-10,12H,11H2,1H3,(H,19,21). The van der Waals surface area contributed by atoms with E-state index in [2.05, 4.69) is 10.3 Å². The quantitative estimate of drug-likeness (QED) is 0.777. The second-order valence-corrected chi connectivity index (χ2v) is 5.78. The number of amides is 1. The first-order chi connectivity index (χ1) is 11.3. The summed E-state index contributed by atoms with van der Waals surface area (Å²) in [4.78, 5) is 17.5. The Morgan fingerprint density at radius 1 is 1.13 bits per heavy atom. The fraction of sp³-hybridized carbons (Fsp3) is 0.111. The lowest BCUT2D eigenvalue weighted by Crippen LogP contribution is -2.23. The minimum atomic E-state index is -0.166. The van der Waals surface area contributed by atoms with Gasteiger partial charge in [-0.2, -0.15) is 0 Å². The molecule has 1 aromatic heterocycles. The SMILES string of the molecule is COc1ccc(CNC(=O)c2ncsc2-c2ccccc2)cc1. The van der Waals surface area contributed by atoms with E-state index in [4.69, 9.17) is 4.74 Å². The van der Waals surface area contributed by atoms with Crippen LogP contribution in [0.15, 0.2) is 60.1 Å². The van der Waals surface area contributed by atoms with Crippen molar-refractivity contribution >= 4 is 17.2 Å². The van der Waals surface area contributed by atoms with Gasteiger partial charge in [-0.1, -0.05) is 42.5 Å². The minimum absolute atomic E-state index is 0.166. The van der Waals surface area contributed by atoms with E-state index < -0.39 is 0 Å². The molecule has 0 radical (unpaired) electrons. The zero-order valence-electron chi connectivity index (χ0n) is 12.7. The van der Waals surface area contributed by atoms with Crippen molar-refractivity contribution in [3.05, 3.63) is 71.4 Å². The number of hydrogen-bond acceptors (Lipinski definition) is 4. The summed E-state index contributed by atoms with van der Waals surface area (Å²) in [6.45, 7) is 0.453. The Morgan fingerprint density at radius 2 is 1.87 bits per heavy atom. The van der Waals surface area contributed by atoms with Gasteiger partial charge in [0.05, 0.1) is 17.5 Å². The number of benzene rings is 2. The Morgan fingerprint density at radius 3 is 2.57 bits per heavy atom. The van der Waals surface area contributed by atoms with Crippen LogP contribution < -0.4 is 10.1 Å². The molecule has 0 aliphatic rings. The third-order valence-corrected chi connectivity index (χ3v) is 4.31. The monoisotopic (exact) mass is 324 g/mol. The van der Waals surface area contributed by atoms with Gasteiger partial charge in [-0.05, 0) is 23.3 Å². The van der Waals surface area contributed by atoms with Crippen molar-refractivity contribution in [3.63, 3.8) is 0 Å². The Bertz CT molecular complexity index is 782. The number of thiazole rings is 1. The van der Waals surface area contributed by atoms with Gasteiger partial charge in [0.1, 0.15) is 11.4 Å². The molecule has 116 valence electrons. The van der Waals surface area contributed by atoms with Crippen molar-refractivity contribution in [2.75, 3.05) is 7.11 Å². The second-order valence-electron chi connectivity index (χ2n) is 4.93. The Labute approximate surface area is 138 Å². The summed E-state index contributed by atoms with van der Waals surface area (Å²) in [6.07, 6.45) is 0. The number of carbonyl (C=O) groups excluding carboxylic acids is 1. The maximum Gasteiger partial charge on any atom is 0.271 e. The van der Waals surface area contributed by atoms with Crippen LogP contribution in [-0.4, -0.2) is 18.0 Å². The van der Waals surface area contributed by atoms with Crippen LogP contribution in [0, 0.1) is 0 Å².